The van der Waals surface area contributed by atoms with E-state index in [2.05, 4.69) is 5.32 Å². The maximum Gasteiger partial charge on any atom is 0.317 e. The fraction of sp³-hybridized carbons (Fsp3) is 0.455. The summed E-state index contributed by atoms with van der Waals surface area (Å²) in [6.07, 6.45) is 3.25. The number of likely N-dealkylation sites (tertiary alicyclic amines) is 1. The number of nitrogens with one attached hydrogen (secondary N) is 1. The Balaban J connectivity index is 1.67. The van der Waals surface area contributed by atoms with Crippen LogP contribution in [0.3, 0.4) is 0 Å². The summed E-state index contributed by atoms with van der Waals surface area (Å²) >= 11 is 0. The number of aliphatic carboxylic acids is 1. The number of amides is 2. The summed E-state index contributed by atoms with van der Waals surface area (Å²) < 4.78 is 4.88. The van der Waals surface area contributed by atoms with Crippen molar-refractivity contribution in [1.82, 2.24) is 10.2 Å². The van der Waals surface area contributed by atoms with Gasteiger partial charge in [-0.15, -0.1) is 0 Å². The highest BCUT2D eigenvalue weighted by Crippen LogP contribution is 2.18. The van der Waals surface area contributed by atoms with Gasteiger partial charge in [0.15, 0.2) is 0 Å². The molecule has 1 aromatic rings. The van der Waals surface area contributed by atoms with Crippen molar-refractivity contribution in [1.29, 1.82) is 0 Å². The lowest BCUT2D eigenvalue weighted by Crippen LogP contribution is -2.54. The van der Waals surface area contributed by atoms with Crippen LogP contribution in [0, 0.1) is 5.92 Å². The van der Waals surface area contributed by atoms with E-state index in [-0.39, 0.29) is 18.4 Å². The number of hydrogen-bond donors (Lipinski definition) is 2. The summed E-state index contributed by atoms with van der Waals surface area (Å²) in [6.45, 7) is 1.46. The molecule has 2 N–H and O–H groups in total. The molecule has 6 heteroatoms. The van der Waals surface area contributed by atoms with Gasteiger partial charge in [0.25, 0.3) is 0 Å². The molecule has 0 saturated carbocycles. The van der Waals surface area contributed by atoms with Crippen molar-refractivity contribution in [3.05, 3.63) is 24.2 Å². The molecule has 0 spiro atoms. The Labute approximate surface area is 98.2 Å². The molecule has 6 nitrogen and oxygen atoms in total. The number of carbonyl (C=O) groups excluding carboxylic acids is 1. The fourth-order valence-electron chi connectivity index (χ4n) is 1.79. The first kappa shape index (κ1) is 11.5. The van der Waals surface area contributed by atoms with Gasteiger partial charge in [-0.2, -0.15) is 0 Å². The summed E-state index contributed by atoms with van der Waals surface area (Å²) in [4.78, 5) is 23.6. The van der Waals surface area contributed by atoms with Crippen LogP contribution in [0.1, 0.15) is 12.0 Å². The van der Waals surface area contributed by atoms with Gasteiger partial charge in [0.1, 0.15) is 0 Å². The van der Waals surface area contributed by atoms with E-state index in [1.165, 1.54) is 0 Å². The van der Waals surface area contributed by atoms with Crippen LogP contribution >= 0.6 is 0 Å². The van der Waals surface area contributed by atoms with Crippen molar-refractivity contribution in [2.24, 2.45) is 5.92 Å². The van der Waals surface area contributed by atoms with E-state index in [4.69, 9.17) is 9.52 Å². The van der Waals surface area contributed by atoms with E-state index in [9.17, 15) is 9.59 Å². The Morgan fingerprint density at radius 1 is 1.53 bits per heavy atom. The zero-order valence-electron chi connectivity index (χ0n) is 9.26. The Kier molecular flexibility index (Phi) is 3.32. The third-order valence-corrected chi connectivity index (χ3v) is 2.73. The quantitative estimate of drug-likeness (QED) is 0.816. The molecule has 2 heterocycles. The second kappa shape index (κ2) is 4.90. The zero-order valence-corrected chi connectivity index (χ0v) is 9.26. The first-order chi connectivity index (χ1) is 8.15. The molecule has 1 fully saturated rings. The predicted octanol–water partition coefficient (Wildman–Crippen LogP) is 0.896. The third-order valence-electron chi connectivity index (χ3n) is 2.73. The van der Waals surface area contributed by atoms with Gasteiger partial charge in [0.2, 0.25) is 0 Å². The monoisotopic (exact) mass is 238 g/mol. The molecule has 1 aliphatic heterocycles. The summed E-state index contributed by atoms with van der Waals surface area (Å²) in [6, 6.07) is 1.62. The van der Waals surface area contributed by atoms with Crippen LogP contribution in [0.25, 0.3) is 0 Å². The molecule has 92 valence electrons. The highest BCUT2D eigenvalue weighted by atomic mass is 16.4. The van der Waals surface area contributed by atoms with E-state index in [0.29, 0.717) is 19.6 Å². The van der Waals surface area contributed by atoms with Crippen LogP contribution in [-0.4, -0.2) is 35.1 Å². The van der Waals surface area contributed by atoms with Gasteiger partial charge >= 0.3 is 12.0 Å². The molecule has 1 aromatic heterocycles. The lowest BCUT2D eigenvalue weighted by atomic mass is 9.97. The van der Waals surface area contributed by atoms with Crippen molar-refractivity contribution >= 4 is 12.0 Å². The second-order valence-electron chi connectivity index (χ2n) is 4.16. The second-order valence-corrected chi connectivity index (χ2v) is 4.16. The van der Waals surface area contributed by atoms with Crippen LogP contribution in [0.2, 0.25) is 0 Å². The number of urea groups is 1. The topological polar surface area (TPSA) is 82.8 Å². The fourth-order valence-corrected chi connectivity index (χ4v) is 1.79. The molecule has 2 amide bonds. The molecular formula is C11H14N2O4. The van der Waals surface area contributed by atoms with Crippen LogP contribution in [0.5, 0.6) is 0 Å². The minimum absolute atomic E-state index is 0.0900. The predicted molar refractivity (Wildman–Crippen MR) is 58.3 cm³/mol. The molecule has 0 bridgehead atoms. The van der Waals surface area contributed by atoms with Gasteiger partial charge in [0, 0.05) is 31.1 Å². The number of furan rings is 1. The van der Waals surface area contributed by atoms with Crippen molar-refractivity contribution < 1.29 is 19.1 Å². The molecular weight excluding hydrogens is 224 g/mol. The van der Waals surface area contributed by atoms with Crippen LogP contribution in [-0.2, 0) is 11.3 Å². The first-order valence-corrected chi connectivity index (χ1v) is 5.41. The molecule has 0 aliphatic carbocycles. The summed E-state index contributed by atoms with van der Waals surface area (Å²) in [7, 11) is 0. The molecule has 17 heavy (non-hydrogen) atoms. The van der Waals surface area contributed by atoms with Gasteiger partial charge in [0.05, 0.1) is 18.9 Å². The number of rotatable bonds is 4. The number of carboxylic acid groups (broad SMARTS) is 1. The molecule has 0 atom stereocenters. The Hall–Kier alpha value is -1.98. The smallest absolute Gasteiger partial charge is 0.317 e. The van der Waals surface area contributed by atoms with E-state index in [0.717, 1.165) is 5.56 Å². The number of carboxylic acids is 1. The molecule has 2 rings (SSSR count). The molecule has 1 saturated heterocycles. The first-order valence-electron chi connectivity index (χ1n) is 5.41. The minimum atomic E-state index is -0.812. The summed E-state index contributed by atoms with van der Waals surface area (Å²) in [5.41, 5.74) is 0.904. The van der Waals surface area contributed by atoms with Crippen molar-refractivity contribution in [2.45, 2.75) is 13.0 Å². The Morgan fingerprint density at radius 2 is 2.29 bits per heavy atom. The average molecular weight is 238 g/mol. The highest BCUT2D eigenvalue weighted by Gasteiger charge is 2.31. The van der Waals surface area contributed by atoms with Crippen LogP contribution < -0.4 is 5.32 Å². The standard InChI is InChI=1S/C11H14N2O4/c14-10(15)3-9-5-13(6-9)11(16)12-4-8-1-2-17-7-8/h1-2,7,9H,3-6H2,(H,12,16)(H,14,15). The lowest BCUT2D eigenvalue weighted by Gasteiger charge is -2.38. The number of hydrogen-bond acceptors (Lipinski definition) is 3. The van der Waals surface area contributed by atoms with Gasteiger partial charge in [-0.05, 0) is 6.07 Å². The SMILES string of the molecule is O=C(O)CC1CN(C(=O)NCc2ccoc2)C1. The third kappa shape index (κ3) is 2.99. The molecule has 0 aromatic carbocycles. The summed E-state index contributed by atoms with van der Waals surface area (Å²) in [5, 5.41) is 11.3. The molecule has 0 radical (unpaired) electrons. The van der Waals surface area contributed by atoms with Crippen LogP contribution in [0.15, 0.2) is 23.0 Å². The molecule has 1 aliphatic rings. The highest BCUT2D eigenvalue weighted by molar-refractivity contribution is 5.75. The largest absolute Gasteiger partial charge is 0.481 e. The average Bonchev–Trinajstić information content (AvgIpc) is 2.71. The maximum absolute atomic E-state index is 11.6. The minimum Gasteiger partial charge on any atom is -0.481 e. The molecule has 0 unspecified atom stereocenters. The van der Waals surface area contributed by atoms with Crippen molar-refractivity contribution in [3.63, 3.8) is 0 Å². The maximum atomic E-state index is 11.6. The Bertz CT molecular complexity index is 396. The number of carbonyl (C=O) groups is 2. The van der Waals surface area contributed by atoms with E-state index in [1.54, 1.807) is 23.5 Å². The van der Waals surface area contributed by atoms with E-state index in [1.807, 2.05) is 0 Å². The van der Waals surface area contributed by atoms with Gasteiger partial charge in [-0.25, -0.2) is 4.79 Å². The van der Waals surface area contributed by atoms with Crippen molar-refractivity contribution in [3.8, 4) is 0 Å². The van der Waals surface area contributed by atoms with Gasteiger partial charge in [-0.3, -0.25) is 4.79 Å². The van der Waals surface area contributed by atoms with E-state index < -0.39 is 5.97 Å². The van der Waals surface area contributed by atoms with E-state index >= 15 is 0 Å². The lowest BCUT2D eigenvalue weighted by molar-refractivity contribution is -0.139. The zero-order chi connectivity index (χ0) is 12.3. The van der Waals surface area contributed by atoms with Gasteiger partial charge < -0.3 is 19.7 Å². The Morgan fingerprint density at radius 3 is 2.88 bits per heavy atom. The summed E-state index contributed by atoms with van der Waals surface area (Å²) in [5.74, 6) is -0.722. The normalized spacial score (nSPS) is 15.4. The van der Waals surface area contributed by atoms with Crippen molar-refractivity contribution in [2.75, 3.05) is 13.1 Å². The van der Waals surface area contributed by atoms with Gasteiger partial charge in [-0.1, -0.05) is 0 Å². The number of nitrogens with zero attached hydrogens (tertiary/aromatic N) is 1. The van der Waals surface area contributed by atoms with Crippen LogP contribution in [0.4, 0.5) is 4.79 Å².